The van der Waals surface area contributed by atoms with E-state index in [1.54, 1.807) is 45.5 Å². The first-order valence-corrected chi connectivity index (χ1v) is 8.91. The van der Waals surface area contributed by atoms with Gasteiger partial charge in [0.1, 0.15) is 17.6 Å². The molecule has 0 radical (unpaired) electrons. The summed E-state index contributed by atoms with van der Waals surface area (Å²) in [6.45, 7) is 1.75. The fraction of sp³-hybridized carbons (Fsp3) is 0.136. The molecule has 0 atom stereocenters. The molecule has 7 nitrogen and oxygen atoms in total. The fourth-order valence-electron chi connectivity index (χ4n) is 3.33. The molecule has 29 heavy (non-hydrogen) atoms. The van der Waals surface area contributed by atoms with Crippen molar-refractivity contribution in [2.75, 3.05) is 19.5 Å². The van der Waals surface area contributed by atoms with E-state index in [1.807, 2.05) is 24.3 Å². The van der Waals surface area contributed by atoms with Gasteiger partial charge in [0.15, 0.2) is 5.65 Å². The van der Waals surface area contributed by atoms with Gasteiger partial charge in [-0.15, -0.1) is 0 Å². The smallest absolute Gasteiger partial charge is 0.265 e. The maximum Gasteiger partial charge on any atom is 0.265 e. The highest BCUT2D eigenvalue weighted by molar-refractivity contribution is 5.82. The monoisotopic (exact) mass is 386 g/mol. The van der Waals surface area contributed by atoms with Crippen LogP contribution in [0.2, 0.25) is 0 Å². The lowest BCUT2D eigenvalue weighted by atomic mass is 10.1. The van der Waals surface area contributed by atoms with E-state index in [1.165, 1.54) is 4.40 Å². The number of para-hydroxylation sites is 2. The third kappa shape index (κ3) is 3.01. The van der Waals surface area contributed by atoms with Crippen LogP contribution in [0.3, 0.4) is 0 Å². The molecular weight excluding hydrogens is 368 g/mol. The molecule has 0 bridgehead atoms. The van der Waals surface area contributed by atoms with Crippen LogP contribution in [-0.2, 0) is 0 Å². The summed E-state index contributed by atoms with van der Waals surface area (Å²) in [6.07, 6.45) is 1.60. The molecule has 0 fully saturated rings. The van der Waals surface area contributed by atoms with Crippen LogP contribution in [0.4, 0.5) is 5.69 Å². The van der Waals surface area contributed by atoms with E-state index in [0.29, 0.717) is 50.2 Å². The van der Waals surface area contributed by atoms with E-state index < -0.39 is 0 Å². The van der Waals surface area contributed by atoms with Crippen LogP contribution >= 0.6 is 0 Å². The maximum atomic E-state index is 13.3. The zero-order valence-electron chi connectivity index (χ0n) is 16.2. The van der Waals surface area contributed by atoms with Crippen LogP contribution in [0, 0.1) is 18.3 Å². The van der Waals surface area contributed by atoms with Crippen LogP contribution in [0.1, 0.15) is 11.1 Å². The molecule has 0 saturated heterocycles. The normalized spacial score (nSPS) is 11.6. The van der Waals surface area contributed by atoms with Crippen molar-refractivity contribution >= 4 is 28.6 Å². The van der Waals surface area contributed by atoms with E-state index in [9.17, 15) is 10.1 Å². The van der Waals surface area contributed by atoms with Gasteiger partial charge in [0.05, 0.1) is 36.0 Å². The van der Waals surface area contributed by atoms with Gasteiger partial charge in [-0.1, -0.05) is 12.1 Å². The van der Waals surface area contributed by atoms with E-state index in [-0.39, 0.29) is 5.56 Å². The van der Waals surface area contributed by atoms with E-state index in [0.717, 1.165) is 0 Å². The first-order chi connectivity index (χ1) is 14.1. The number of nitrogens with zero attached hydrogens (tertiary/aromatic N) is 3. The fourth-order valence-corrected chi connectivity index (χ4v) is 3.33. The molecule has 0 aliphatic heterocycles. The number of nitriles is 1. The van der Waals surface area contributed by atoms with Crippen molar-refractivity contribution in [3.63, 3.8) is 0 Å². The van der Waals surface area contributed by atoms with Crippen molar-refractivity contribution in [3.05, 3.63) is 69.2 Å². The molecule has 7 heteroatoms. The van der Waals surface area contributed by atoms with Crippen molar-refractivity contribution in [1.82, 2.24) is 9.38 Å². The summed E-state index contributed by atoms with van der Waals surface area (Å²) >= 11 is 0. The van der Waals surface area contributed by atoms with Crippen molar-refractivity contribution in [3.8, 4) is 17.6 Å². The molecule has 4 aromatic rings. The number of hydrogen-bond acceptors (Lipinski definition) is 6. The Morgan fingerprint density at radius 1 is 1.14 bits per heavy atom. The van der Waals surface area contributed by atoms with Gasteiger partial charge in [-0.2, -0.15) is 5.26 Å². The molecule has 0 amide bonds. The van der Waals surface area contributed by atoms with Gasteiger partial charge < -0.3 is 14.8 Å². The predicted molar refractivity (Wildman–Crippen MR) is 111 cm³/mol. The lowest BCUT2D eigenvalue weighted by Gasteiger charge is -2.08. The molecule has 0 unspecified atom stereocenters. The second-order valence-corrected chi connectivity index (χ2v) is 6.48. The molecule has 0 saturated carbocycles. The Kier molecular flexibility index (Phi) is 4.53. The lowest BCUT2D eigenvalue weighted by Crippen LogP contribution is -2.34. The van der Waals surface area contributed by atoms with Crippen LogP contribution in [-0.4, -0.2) is 23.6 Å². The van der Waals surface area contributed by atoms with Gasteiger partial charge in [0.2, 0.25) is 0 Å². The molecule has 0 aliphatic carbocycles. The van der Waals surface area contributed by atoms with Gasteiger partial charge >= 0.3 is 0 Å². The minimum Gasteiger partial charge on any atom is -0.497 e. The molecule has 1 N–H and O–H groups in total. The Bertz CT molecular complexity index is 1380. The minimum atomic E-state index is -0.243. The summed E-state index contributed by atoms with van der Waals surface area (Å²) in [4.78, 5) is 17.7. The van der Waals surface area contributed by atoms with Crippen LogP contribution < -0.4 is 25.6 Å². The standard InChI is InChI=1S/C22H18N4O3/c1-13-17(11-23)21-25-19-6-4-5-7-20(19)26(21)22(27)18(13)12-24-14-8-15(28-2)10-16(9-14)29-3/h4-10,12,24H,1-3H3/b18-12+. The number of nitrogens with one attached hydrogen (secondary N) is 1. The molecule has 2 aromatic heterocycles. The Morgan fingerprint density at radius 2 is 1.83 bits per heavy atom. The number of pyridine rings is 1. The summed E-state index contributed by atoms with van der Waals surface area (Å²) in [5.74, 6) is 1.24. The van der Waals surface area contributed by atoms with Crippen molar-refractivity contribution < 1.29 is 9.47 Å². The molecule has 0 spiro atoms. The van der Waals surface area contributed by atoms with Gasteiger partial charge in [-0.25, -0.2) is 4.98 Å². The Morgan fingerprint density at radius 3 is 2.48 bits per heavy atom. The quantitative estimate of drug-likeness (QED) is 0.580. The summed E-state index contributed by atoms with van der Waals surface area (Å²) < 4.78 is 12.0. The summed E-state index contributed by atoms with van der Waals surface area (Å²) in [6, 6.07) is 14.9. The number of imidazole rings is 1. The van der Waals surface area contributed by atoms with Gasteiger partial charge in [-0.05, 0) is 24.6 Å². The molecule has 4 rings (SSSR count). The zero-order valence-corrected chi connectivity index (χ0v) is 16.2. The largest absolute Gasteiger partial charge is 0.497 e. The number of aromatic nitrogens is 2. The van der Waals surface area contributed by atoms with E-state index in [2.05, 4.69) is 16.4 Å². The summed E-state index contributed by atoms with van der Waals surface area (Å²) in [5, 5.41) is 13.2. The Balaban J connectivity index is 1.96. The Labute approximate surface area is 166 Å². The number of methoxy groups -OCH3 is 2. The lowest BCUT2D eigenvalue weighted by molar-refractivity contribution is 0.395. The second kappa shape index (κ2) is 7.17. The van der Waals surface area contributed by atoms with Crippen LogP contribution in [0.5, 0.6) is 11.5 Å². The average Bonchev–Trinajstić information content (AvgIpc) is 3.13. The highest BCUT2D eigenvalue weighted by Gasteiger charge is 2.15. The topological polar surface area (TPSA) is 88.6 Å². The van der Waals surface area contributed by atoms with Gasteiger partial charge in [-0.3, -0.25) is 9.20 Å². The number of ether oxygens (including phenoxy) is 2. The molecule has 0 aliphatic rings. The summed E-state index contributed by atoms with van der Waals surface area (Å²) in [7, 11) is 3.14. The second-order valence-electron chi connectivity index (χ2n) is 6.48. The molecule has 144 valence electrons. The third-order valence-corrected chi connectivity index (χ3v) is 4.84. The Hall–Kier alpha value is -4.05. The highest BCUT2D eigenvalue weighted by atomic mass is 16.5. The number of benzene rings is 2. The zero-order chi connectivity index (χ0) is 20.5. The first-order valence-electron chi connectivity index (χ1n) is 8.91. The highest BCUT2D eigenvalue weighted by Crippen LogP contribution is 2.25. The third-order valence-electron chi connectivity index (χ3n) is 4.84. The molecule has 2 heterocycles. The number of hydrogen-bond donors (Lipinski definition) is 1. The maximum absolute atomic E-state index is 13.3. The molecular formula is C22H18N4O3. The van der Waals surface area contributed by atoms with Crippen molar-refractivity contribution in [2.45, 2.75) is 6.92 Å². The van der Waals surface area contributed by atoms with Crippen LogP contribution in [0.25, 0.3) is 22.9 Å². The predicted octanol–water partition coefficient (Wildman–Crippen LogP) is 2.61. The van der Waals surface area contributed by atoms with E-state index >= 15 is 0 Å². The van der Waals surface area contributed by atoms with E-state index in [4.69, 9.17) is 9.47 Å². The number of rotatable bonds is 4. The minimum absolute atomic E-state index is 0.243. The first kappa shape index (κ1) is 18.3. The number of fused-ring (bicyclic) bond motifs is 3. The molecule has 2 aromatic carbocycles. The number of anilines is 1. The van der Waals surface area contributed by atoms with Gasteiger partial charge in [0.25, 0.3) is 5.56 Å². The van der Waals surface area contributed by atoms with Crippen molar-refractivity contribution in [2.24, 2.45) is 0 Å². The van der Waals surface area contributed by atoms with Crippen LogP contribution in [0.15, 0.2) is 47.3 Å². The SMILES string of the molecule is COc1cc(N/C=c2\c(C)c(C#N)c3nc4ccccc4n3c2=O)cc(OC)c1. The van der Waals surface area contributed by atoms with Crippen molar-refractivity contribution in [1.29, 1.82) is 5.26 Å². The van der Waals surface area contributed by atoms with Gasteiger partial charge in [0, 0.05) is 30.1 Å². The average molecular weight is 386 g/mol. The summed E-state index contributed by atoms with van der Waals surface area (Å²) in [5.41, 5.74) is 3.10.